The molecule has 3 N–H and O–H groups in total. The van der Waals surface area contributed by atoms with Gasteiger partial charge in [-0.05, 0) is 35.8 Å². The second kappa shape index (κ2) is 10.4. The zero-order chi connectivity index (χ0) is 14.5. The fourth-order valence-electron chi connectivity index (χ4n) is 2.58. The fourth-order valence-corrected chi connectivity index (χ4v) is 3.47. The van der Waals surface area contributed by atoms with Gasteiger partial charge in [-0.15, -0.1) is 36.2 Å². The van der Waals surface area contributed by atoms with Crippen molar-refractivity contribution in [3.63, 3.8) is 0 Å². The number of nitrogens with one attached hydrogen (secondary N) is 1. The van der Waals surface area contributed by atoms with Crippen molar-refractivity contribution in [2.75, 3.05) is 19.6 Å². The van der Waals surface area contributed by atoms with Crippen LogP contribution in [0.25, 0.3) is 0 Å². The molecule has 128 valence electrons. The largest absolute Gasteiger partial charge is 0.353 e. The molecule has 0 spiro atoms. The quantitative estimate of drug-likeness (QED) is 0.811. The van der Waals surface area contributed by atoms with Gasteiger partial charge in [0.2, 0.25) is 5.91 Å². The van der Waals surface area contributed by atoms with Gasteiger partial charge in [0.25, 0.3) is 0 Å². The molecular formula is C15H27Cl2N3OS. The molecule has 2 heterocycles. The van der Waals surface area contributed by atoms with Crippen LogP contribution in [0.3, 0.4) is 0 Å². The topological polar surface area (TPSA) is 58.4 Å². The molecule has 1 atom stereocenters. The van der Waals surface area contributed by atoms with Crippen LogP contribution in [-0.2, 0) is 17.8 Å². The molecule has 1 aliphatic rings. The highest BCUT2D eigenvalue weighted by atomic mass is 35.5. The third-order valence-corrected chi connectivity index (χ3v) is 4.70. The molecule has 2 rings (SSSR count). The molecule has 0 aliphatic carbocycles. The molecule has 22 heavy (non-hydrogen) atoms. The van der Waals surface area contributed by atoms with Crippen molar-refractivity contribution in [1.29, 1.82) is 0 Å². The highest BCUT2D eigenvalue weighted by molar-refractivity contribution is 7.10. The van der Waals surface area contributed by atoms with Crippen LogP contribution in [0.4, 0.5) is 0 Å². The van der Waals surface area contributed by atoms with Crippen molar-refractivity contribution < 1.29 is 4.79 Å². The first kappa shape index (κ1) is 21.7. The van der Waals surface area contributed by atoms with Crippen molar-refractivity contribution in [2.24, 2.45) is 11.7 Å². The summed E-state index contributed by atoms with van der Waals surface area (Å²) in [5.74, 6) is 0.432. The molecule has 1 amide bonds. The Morgan fingerprint density at radius 2 is 2.18 bits per heavy atom. The van der Waals surface area contributed by atoms with Gasteiger partial charge in [-0.2, -0.15) is 0 Å². The van der Waals surface area contributed by atoms with Crippen LogP contribution < -0.4 is 11.1 Å². The van der Waals surface area contributed by atoms with E-state index in [-0.39, 0.29) is 36.8 Å². The summed E-state index contributed by atoms with van der Waals surface area (Å²) in [5, 5.41) is 5.12. The number of hydrogen-bond donors (Lipinski definition) is 2. The Morgan fingerprint density at radius 1 is 1.45 bits per heavy atom. The van der Waals surface area contributed by atoms with Crippen LogP contribution >= 0.6 is 36.2 Å². The Balaban J connectivity index is 0.00000220. The first-order valence-corrected chi connectivity index (χ1v) is 8.25. The van der Waals surface area contributed by atoms with Crippen LogP contribution in [-0.4, -0.2) is 36.5 Å². The number of amides is 1. The van der Waals surface area contributed by atoms with Gasteiger partial charge in [0, 0.05) is 31.1 Å². The minimum atomic E-state index is -0.375. The molecule has 0 bridgehead atoms. The van der Waals surface area contributed by atoms with Crippen molar-refractivity contribution >= 4 is 42.1 Å². The molecule has 0 saturated heterocycles. The third-order valence-electron chi connectivity index (χ3n) is 3.68. The lowest BCUT2D eigenvalue weighted by molar-refractivity contribution is -0.122. The number of halogens is 2. The predicted octanol–water partition coefficient (Wildman–Crippen LogP) is 2.44. The molecule has 0 unspecified atom stereocenters. The number of carbonyl (C=O) groups is 1. The van der Waals surface area contributed by atoms with E-state index in [0.717, 1.165) is 32.5 Å². The summed E-state index contributed by atoms with van der Waals surface area (Å²) in [7, 11) is 0. The molecule has 0 aromatic carbocycles. The van der Waals surface area contributed by atoms with Gasteiger partial charge in [0.15, 0.2) is 0 Å². The van der Waals surface area contributed by atoms with E-state index in [1.54, 1.807) is 0 Å². The minimum absolute atomic E-state index is 0. The molecule has 1 aliphatic heterocycles. The SMILES string of the molecule is CC(C)C[C@H](N)C(=O)NCCN1CCc2sccc2C1.Cl.Cl. The number of thiophene rings is 1. The zero-order valence-corrected chi connectivity index (χ0v) is 15.7. The summed E-state index contributed by atoms with van der Waals surface area (Å²) in [5.41, 5.74) is 7.31. The second-order valence-corrected chi connectivity index (χ2v) is 6.92. The normalized spacial score (nSPS) is 15.5. The summed E-state index contributed by atoms with van der Waals surface area (Å²) in [6.07, 6.45) is 1.88. The maximum absolute atomic E-state index is 11.8. The Morgan fingerprint density at radius 3 is 2.86 bits per heavy atom. The van der Waals surface area contributed by atoms with E-state index in [2.05, 4.69) is 35.5 Å². The van der Waals surface area contributed by atoms with Gasteiger partial charge in [0.05, 0.1) is 6.04 Å². The van der Waals surface area contributed by atoms with Gasteiger partial charge in [-0.3, -0.25) is 9.69 Å². The lowest BCUT2D eigenvalue weighted by atomic mass is 10.0. The molecule has 7 heteroatoms. The van der Waals surface area contributed by atoms with Crippen molar-refractivity contribution in [2.45, 2.75) is 39.3 Å². The third kappa shape index (κ3) is 6.42. The maximum atomic E-state index is 11.8. The van der Waals surface area contributed by atoms with Crippen molar-refractivity contribution in [3.8, 4) is 0 Å². The lowest BCUT2D eigenvalue weighted by Gasteiger charge is -2.27. The molecule has 0 radical (unpaired) electrons. The standard InChI is InChI=1S/C15H25N3OS.2ClH/c1-11(2)9-13(16)15(19)17-5-7-18-6-3-14-12(10-18)4-8-20-14;;/h4,8,11,13H,3,5-7,9-10,16H2,1-2H3,(H,17,19);2*1H/t13-;;/m0../s1. The average Bonchev–Trinajstić information content (AvgIpc) is 2.85. The number of fused-ring (bicyclic) bond motifs is 1. The van der Waals surface area contributed by atoms with E-state index >= 15 is 0 Å². The van der Waals surface area contributed by atoms with Crippen LogP contribution in [0.1, 0.15) is 30.7 Å². The first-order chi connectivity index (χ1) is 9.56. The molecule has 0 fully saturated rings. The van der Waals surface area contributed by atoms with Crippen molar-refractivity contribution in [3.05, 3.63) is 21.9 Å². The number of hydrogen-bond acceptors (Lipinski definition) is 4. The monoisotopic (exact) mass is 367 g/mol. The smallest absolute Gasteiger partial charge is 0.236 e. The zero-order valence-electron chi connectivity index (χ0n) is 13.2. The van der Waals surface area contributed by atoms with E-state index in [9.17, 15) is 4.79 Å². The predicted molar refractivity (Wildman–Crippen MR) is 98.2 cm³/mol. The summed E-state index contributed by atoms with van der Waals surface area (Å²) in [6, 6.07) is 1.84. The van der Waals surface area contributed by atoms with Crippen LogP contribution in [0.5, 0.6) is 0 Å². The number of nitrogens with zero attached hydrogens (tertiary/aromatic N) is 1. The minimum Gasteiger partial charge on any atom is -0.353 e. The highest BCUT2D eigenvalue weighted by Crippen LogP contribution is 2.23. The Kier molecular flexibility index (Phi) is 10.3. The molecule has 4 nitrogen and oxygen atoms in total. The fraction of sp³-hybridized carbons (Fsp3) is 0.667. The second-order valence-electron chi connectivity index (χ2n) is 5.92. The molecule has 1 aromatic heterocycles. The van der Waals surface area contributed by atoms with Crippen LogP contribution in [0, 0.1) is 5.92 Å². The van der Waals surface area contributed by atoms with E-state index in [1.165, 1.54) is 10.4 Å². The van der Waals surface area contributed by atoms with Gasteiger partial charge < -0.3 is 11.1 Å². The summed E-state index contributed by atoms with van der Waals surface area (Å²) < 4.78 is 0. The van der Waals surface area contributed by atoms with Crippen LogP contribution in [0.15, 0.2) is 11.4 Å². The lowest BCUT2D eigenvalue weighted by Crippen LogP contribution is -2.44. The van der Waals surface area contributed by atoms with Gasteiger partial charge >= 0.3 is 0 Å². The molecule has 1 aromatic rings. The summed E-state index contributed by atoms with van der Waals surface area (Å²) >= 11 is 1.85. The van der Waals surface area contributed by atoms with E-state index in [1.807, 2.05) is 11.3 Å². The maximum Gasteiger partial charge on any atom is 0.236 e. The van der Waals surface area contributed by atoms with Gasteiger partial charge in [-0.1, -0.05) is 13.8 Å². The number of rotatable bonds is 6. The molecule has 0 saturated carbocycles. The Hall–Kier alpha value is -0.330. The summed E-state index contributed by atoms with van der Waals surface area (Å²) in [4.78, 5) is 15.7. The van der Waals surface area contributed by atoms with Crippen molar-refractivity contribution in [1.82, 2.24) is 10.2 Å². The van der Waals surface area contributed by atoms with E-state index in [0.29, 0.717) is 12.5 Å². The molecular weight excluding hydrogens is 341 g/mol. The average molecular weight is 368 g/mol. The van der Waals surface area contributed by atoms with Crippen LogP contribution in [0.2, 0.25) is 0 Å². The Bertz CT molecular complexity index is 454. The van der Waals surface area contributed by atoms with E-state index < -0.39 is 0 Å². The first-order valence-electron chi connectivity index (χ1n) is 7.37. The summed E-state index contributed by atoms with van der Waals surface area (Å²) in [6.45, 7) is 7.84. The van der Waals surface area contributed by atoms with E-state index in [4.69, 9.17) is 5.73 Å². The van der Waals surface area contributed by atoms with Gasteiger partial charge in [0.1, 0.15) is 0 Å². The number of carbonyl (C=O) groups excluding carboxylic acids is 1. The highest BCUT2D eigenvalue weighted by Gasteiger charge is 2.18. The number of nitrogens with two attached hydrogens (primary N) is 1. The van der Waals surface area contributed by atoms with Gasteiger partial charge in [-0.25, -0.2) is 0 Å². The Labute approximate surface area is 149 Å².